The van der Waals surface area contributed by atoms with Gasteiger partial charge in [-0.05, 0) is 6.92 Å². The minimum atomic E-state index is -0.883. The highest BCUT2D eigenvalue weighted by atomic mass is 16.4. The summed E-state index contributed by atoms with van der Waals surface area (Å²) in [4.78, 5) is 34.2. The van der Waals surface area contributed by atoms with Crippen molar-refractivity contribution in [2.75, 3.05) is 13.1 Å². The first-order chi connectivity index (χ1) is 6.91. The zero-order valence-corrected chi connectivity index (χ0v) is 8.69. The minimum Gasteiger partial charge on any atom is -0.481 e. The highest BCUT2D eigenvalue weighted by Gasteiger charge is 2.37. The van der Waals surface area contributed by atoms with Gasteiger partial charge in [0.2, 0.25) is 11.8 Å². The Morgan fingerprint density at radius 1 is 1.40 bits per heavy atom. The normalized spacial score (nSPS) is 17.9. The van der Waals surface area contributed by atoms with E-state index in [2.05, 4.69) is 5.32 Å². The van der Waals surface area contributed by atoms with Crippen molar-refractivity contribution in [1.29, 1.82) is 0 Å². The van der Waals surface area contributed by atoms with Gasteiger partial charge in [-0.1, -0.05) is 0 Å². The zero-order chi connectivity index (χ0) is 11.6. The average Bonchev–Trinajstić information content (AvgIpc) is 1.98. The fourth-order valence-electron chi connectivity index (χ4n) is 1.46. The van der Waals surface area contributed by atoms with Crippen molar-refractivity contribution >= 4 is 17.8 Å². The van der Waals surface area contributed by atoms with Crippen LogP contribution in [-0.2, 0) is 14.4 Å². The van der Waals surface area contributed by atoms with Crippen LogP contribution in [0.4, 0.5) is 0 Å². The Balaban J connectivity index is 2.37. The van der Waals surface area contributed by atoms with Crippen molar-refractivity contribution in [3.8, 4) is 0 Å². The number of carbonyl (C=O) groups excluding carboxylic acids is 2. The first-order valence-corrected chi connectivity index (χ1v) is 4.70. The molecule has 1 rings (SSSR count). The van der Waals surface area contributed by atoms with E-state index in [4.69, 9.17) is 5.11 Å². The van der Waals surface area contributed by atoms with Gasteiger partial charge in [0.15, 0.2) is 0 Å². The van der Waals surface area contributed by atoms with Crippen molar-refractivity contribution < 1.29 is 19.5 Å². The van der Waals surface area contributed by atoms with E-state index < -0.39 is 17.9 Å². The zero-order valence-electron chi connectivity index (χ0n) is 8.69. The molecule has 84 valence electrons. The van der Waals surface area contributed by atoms with Gasteiger partial charge in [0.25, 0.3) is 0 Å². The number of rotatable bonds is 3. The molecule has 1 atom stereocenters. The fraction of sp³-hybridized carbons (Fsp3) is 0.667. The number of carboxylic acids is 1. The molecule has 0 spiro atoms. The standard InChI is InChI=1S/C9H14N2O4/c1-5(10-6(2)12)8(13)11-3-7(4-11)9(14)15/h5,7H,3-4H2,1-2H3,(H,10,12)(H,14,15). The molecule has 0 saturated carbocycles. The molecule has 1 fully saturated rings. The molecular weight excluding hydrogens is 200 g/mol. The molecule has 15 heavy (non-hydrogen) atoms. The molecule has 2 amide bonds. The molecule has 2 N–H and O–H groups in total. The van der Waals surface area contributed by atoms with Crippen LogP contribution in [0.2, 0.25) is 0 Å². The summed E-state index contributed by atoms with van der Waals surface area (Å²) in [5.41, 5.74) is 0. The SMILES string of the molecule is CC(=O)NC(C)C(=O)N1CC(C(=O)O)C1. The Morgan fingerprint density at radius 2 is 1.93 bits per heavy atom. The molecule has 0 aromatic rings. The van der Waals surface area contributed by atoms with Crippen molar-refractivity contribution in [3.63, 3.8) is 0 Å². The third-order valence-corrected chi connectivity index (χ3v) is 2.33. The first kappa shape index (κ1) is 11.5. The van der Waals surface area contributed by atoms with Gasteiger partial charge in [0.05, 0.1) is 5.92 Å². The van der Waals surface area contributed by atoms with Gasteiger partial charge in [0, 0.05) is 20.0 Å². The van der Waals surface area contributed by atoms with Crippen LogP contribution >= 0.6 is 0 Å². The topological polar surface area (TPSA) is 86.7 Å². The average molecular weight is 214 g/mol. The lowest BCUT2D eigenvalue weighted by Crippen LogP contribution is -2.57. The maximum atomic E-state index is 11.5. The molecule has 6 nitrogen and oxygen atoms in total. The van der Waals surface area contributed by atoms with Crippen LogP contribution in [-0.4, -0.2) is 46.9 Å². The largest absolute Gasteiger partial charge is 0.481 e. The summed E-state index contributed by atoms with van der Waals surface area (Å²) in [5, 5.41) is 11.1. The number of nitrogens with zero attached hydrogens (tertiary/aromatic N) is 1. The van der Waals surface area contributed by atoms with Crippen molar-refractivity contribution in [3.05, 3.63) is 0 Å². The third-order valence-electron chi connectivity index (χ3n) is 2.33. The van der Waals surface area contributed by atoms with E-state index in [9.17, 15) is 14.4 Å². The number of likely N-dealkylation sites (tertiary alicyclic amines) is 1. The van der Waals surface area contributed by atoms with Crippen LogP contribution in [0.5, 0.6) is 0 Å². The van der Waals surface area contributed by atoms with Gasteiger partial charge in [-0.15, -0.1) is 0 Å². The fourth-order valence-corrected chi connectivity index (χ4v) is 1.46. The molecule has 1 aliphatic rings. The Labute approximate surface area is 87.2 Å². The number of nitrogens with one attached hydrogen (secondary N) is 1. The van der Waals surface area contributed by atoms with E-state index in [1.165, 1.54) is 11.8 Å². The van der Waals surface area contributed by atoms with E-state index in [0.29, 0.717) is 0 Å². The van der Waals surface area contributed by atoms with Crippen LogP contribution in [0.3, 0.4) is 0 Å². The lowest BCUT2D eigenvalue weighted by atomic mass is 9.99. The second-order valence-corrected chi connectivity index (χ2v) is 3.70. The lowest BCUT2D eigenvalue weighted by Gasteiger charge is -2.38. The maximum Gasteiger partial charge on any atom is 0.310 e. The Morgan fingerprint density at radius 3 is 2.33 bits per heavy atom. The van der Waals surface area contributed by atoms with Crippen molar-refractivity contribution in [2.24, 2.45) is 5.92 Å². The molecule has 0 bridgehead atoms. The van der Waals surface area contributed by atoms with E-state index in [1.54, 1.807) is 6.92 Å². The molecule has 0 aromatic heterocycles. The summed E-state index contributed by atoms with van der Waals surface area (Å²) in [6, 6.07) is -0.586. The van der Waals surface area contributed by atoms with E-state index in [1.807, 2.05) is 0 Å². The Hall–Kier alpha value is -1.59. The maximum absolute atomic E-state index is 11.5. The van der Waals surface area contributed by atoms with Crippen LogP contribution in [0.1, 0.15) is 13.8 Å². The van der Waals surface area contributed by atoms with Crippen LogP contribution in [0.25, 0.3) is 0 Å². The summed E-state index contributed by atoms with van der Waals surface area (Å²) in [5.74, 6) is -1.85. The molecule has 0 aliphatic carbocycles. The summed E-state index contributed by atoms with van der Waals surface area (Å²) >= 11 is 0. The Kier molecular flexibility index (Phi) is 3.28. The number of amides is 2. The molecule has 1 heterocycles. The monoisotopic (exact) mass is 214 g/mol. The second kappa shape index (κ2) is 4.29. The predicted octanol–water partition coefficient (Wildman–Crippen LogP) is -0.946. The van der Waals surface area contributed by atoms with Gasteiger partial charge in [-0.2, -0.15) is 0 Å². The highest BCUT2D eigenvalue weighted by molar-refractivity contribution is 5.88. The molecule has 0 radical (unpaired) electrons. The van der Waals surface area contributed by atoms with Crippen LogP contribution < -0.4 is 5.32 Å². The predicted molar refractivity (Wildman–Crippen MR) is 51.0 cm³/mol. The number of hydrogen-bond donors (Lipinski definition) is 2. The molecule has 1 aliphatic heterocycles. The van der Waals surface area contributed by atoms with Gasteiger partial charge in [-0.3, -0.25) is 14.4 Å². The smallest absolute Gasteiger partial charge is 0.310 e. The first-order valence-electron chi connectivity index (χ1n) is 4.70. The quantitative estimate of drug-likeness (QED) is 0.634. The van der Waals surface area contributed by atoms with E-state index in [0.717, 1.165) is 0 Å². The number of carbonyl (C=O) groups is 3. The Bertz CT molecular complexity index is 296. The number of aliphatic carboxylic acids is 1. The second-order valence-electron chi connectivity index (χ2n) is 3.70. The lowest BCUT2D eigenvalue weighted by molar-refractivity contribution is -0.154. The summed E-state index contributed by atoms with van der Waals surface area (Å²) in [7, 11) is 0. The van der Waals surface area contributed by atoms with Crippen LogP contribution in [0, 0.1) is 5.92 Å². The molecular formula is C9H14N2O4. The van der Waals surface area contributed by atoms with Gasteiger partial charge in [-0.25, -0.2) is 0 Å². The molecule has 0 aromatic carbocycles. The minimum absolute atomic E-state index is 0.234. The van der Waals surface area contributed by atoms with E-state index in [-0.39, 0.29) is 24.9 Å². The number of hydrogen-bond acceptors (Lipinski definition) is 3. The summed E-state index contributed by atoms with van der Waals surface area (Å²) in [6.45, 7) is 3.38. The summed E-state index contributed by atoms with van der Waals surface area (Å²) < 4.78 is 0. The van der Waals surface area contributed by atoms with Gasteiger partial charge >= 0.3 is 5.97 Å². The molecule has 1 saturated heterocycles. The van der Waals surface area contributed by atoms with Gasteiger partial charge in [0.1, 0.15) is 6.04 Å². The summed E-state index contributed by atoms with van der Waals surface area (Å²) in [6.07, 6.45) is 0. The number of carboxylic acid groups (broad SMARTS) is 1. The van der Waals surface area contributed by atoms with E-state index >= 15 is 0 Å². The molecule has 6 heteroatoms. The van der Waals surface area contributed by atoms with Crippen LogP contribution in [0.15, 0.2) is 0 Å². The third kappa shape index (κ3) is 2.68. The molecule has 1 unspecified atom stereocenters. The van der Waals surface area contributed by atoms with Gasteiger partial charge < -0.3 is 15.3 Å². The highest BCUT2D eigenvalue weighted by Crippen LogP contribution is 2.16. The van der Waals surface area contributed by atoms with Crippen molar-refractivity contribution in [1.82, 2.24) is 10.2 Å². The van der Waals surface area contributed by atoms with Crippen molar-refractivity contribution in [2.45, 2.75) is 19.9 Å².